The van der Waals surface area contributed by atoms with Gasteiger partial charge in [-0.3, -0.25) is 23.1 Å². The minimum atomic E-state index is -4.46. The maximum Gasteiger partial charge on any atom is 3.00 e. The van der Waals surface area contributed by atoms with Gasteiger partial charge in [-0.05, 0) is 43.2 Å². The van der Waals surface area contributed by atoms with Crippen LogP contribution in [0.2, 0.25) is 0 Å². The second kappa shape index (κ2) is 21.5. The molecule has 0 bridgehead atoms. The van der Waals surface area contributed by atoms with Gasteiger partial charge in [-0.2, -0.15) is 13.2 Å². The van der Waals surface area contributed by atoms with Gasteiger partial charge in [0.05, 0.1) is 26.3 Å². The van der Waals surface area contributed by atoms with E-state index in [1.807, 2.05) is 84.1 Å². The van der Waals surface area contributed by atoms with Crippen LogP contribution in [0.25, 0.3) is 33.9 Å². The molecule has 0 fully saturated rings. The van der Waals surface area contributed by atoms with Gasteiger partial charge in [0.25, 0.3) is 0 Å². The molecule has 15 heteroatoms. The summed E-state index contributed by atoms with van der Waals surface area (Å²) < 4.78 is 77.9. The van der Waals surface area contributed by atoms with Gasteiger partial charge in [-0.25, -0.2) is 10.2 Å². The molecule has 308 valence electrons. The standard InChI is InChI=1S/2C18H16FN2O.C9H5F3N3.Ir/c2*1-2-22-18-12-15(19)8-9-16(18)17-10-11-21(20-17)13-14-6-4-3-5-7-14;10-9(11,12)8-5-7(14-15-8)6-3-1-2-4-13-6;/h2*3-8,10-12H,2,13H2,1H3;1-5H;/q3*-1;+3. The average Bonchev–Trinajstić information content (AvgIpc) is 4.03. The van der Waals surface area contributed by atoms with Crippen molar-refractivity contribution in [2.75, 3.05) is 13.2 Å². The number of aromatic nitrogens is 7. The molecule has 8 aromatic rings. The molecule has 0 unspecified atom stereocenters. The molecular formula is C45H37F5IrN7O2. The molecule has 4 aromatic heterocycles. The Bertz CT molecular complexity index is 2380. The van der Waals surface area contributed by atoms with E-state index < -0.39 is 11.9 Å². The van der Waals surface area contributed by atoms with Crippen molar-refractivity contribution in [3.63, 3.8) is 0 Å². The summed E-state index contributed by atoms with van der Waals surface area (Å²) in [6, 6.07) is 40.9. The smallest absolute Gasteiger partial charge is 0.573 e. The summed E-state index contributed by atoms with van der Waals surface area (Å²) in [7, 11) is 0. The summed E-state index contributed by atoms with van der Waals surface area (Å²) >= 11 is 0. The molecule has 0 radical (unpaired) electrons. The maximum absolute atomic E-state index is 13.3. The van der Waals surface area contributed by atoms with Crippen LogP contribution in [0, 0.1) is 23.8 Å². The normalized spacial score (nSPS) is 10.7. The minimum Gasteiger partial charge on any atom is -0.573 e. The second-order valence-corrected chi connectivity index (χ2v) is 12.6. The zero-order chi connectivity index (χ0) is 41.6. The Morgan fingerprint density at radius 3 is 1.53 bits per heavy atom. The van der Waals surface area contributed by atoms with Gasteiger partial charge in [-0.1, -0.05) is 108 Å². The molecule has 8 rings (SSSR count). The molecule has 0 saturated carbocycles. The van der Waals surface area contributed by atoms with Gasteiger partial charge in [-0.15, -0.1) is 24.3 Å². The number of halogens is 5. The molecule has 0 N–H and O–H groups in total. The predicted molar refractivity (Wildman–Crippen MR) is 212 cm³/mol. The van der Waals surface area contributed by atoms with E-state index in [0.717, 1.165) is 17.5 Å². The van der Waals surface area contributed by atoms with Crippen LogP contribution < -0.4 is 14.6 Å². The fourth-order valence-corrected chi connectivity index (χ4v) is 5.62. The largest absolute Gasteiger partial charge is 3.00 e. The molecular weight excluding hydrogens is 958 g/mol. The molecule has 0 atom stereocenters. The average molecular weight is 995 g/mol. The van der Waals surface area contributed by atoms with Gasteiger partial charge < -0.3 is 19.7 Å². The minimum absolute atomic E-state index is 0. The predicted octanol–water partition coefficient (Wildman–Crippen LogP) is 9.99. The summed E-state index contributed by atoms with van der Waals surface area (Å²) in [5.41, 5.74) is 4.64. The first-order chi connectivity index (χ1) is 28.6. The van der Waals surface area contributed by atoms with Crippen LogP contribution in [0.15, 0.2) is 140 Å². The van der Waals surface area contributed by atoms with Crippen molar-refractivity contribution < 1.29 is 51.5 Å². The Kier molecular flexibility index (Phi) is 16.0. The van der Waals surface area contributed by atoms with E-state index in [2.05, 4.69) is 61.8 Å². The topological polar surface area (TPSA) is 94.0 Å². The maximum atomic E-state index is 13.3. The quantitative estimate of drug-likeness (QED) is 0.0942. The zero-order valence-corrected chi connectivity index (χ0v) is 34.7. The Morgan fingerprint density at radius 1 is 0.633 bits per heavy atom. The van der Waals surface area contributed by atoms with Gasteiger partial charge in [0.2, 0.25) is 0 Å². The van der Waals surface area contributed by atoms with E-state index in [-0.39, 0.29) is 37.4 Å². The van der Waals surface area contributed by atoms with Crippen molar-refractivity contribution in [1.29, 1.82) is 0 Å². The summed E-state index contributed by atoms with van der Waals surface area (Å²) in [6.45, 7) is 6.04. The Morgan fingerprint density at radius 2 is 1.12 bits per heavy atom. The number of ether oxygens (including phenoxy) is 2. The van der Waals surface area contributed by atoms with Crippen molar-refractivity contribution in [2.45, 2.75) is 33.1 Å². The summed E-state index contributed by atoms with van der Waals surface area (Å²) in [5, 5.41) is 15.5. The number of alkyl halides is 3. The Balaban J connectivity index is 0.000000173. The molecule has 4 heterocycles. The SMILES string of the molecule is CCOc1cc(F)c[c-]c1-c1ccn(Cc2ccccc2)n1.CCOc1cc(F)c[c-]c1-c1ccn(Cc2ccccc2)n1.FC(F)(F)c1cc(-c2ccccn2)[n-]n1.[Ir+3]. The summed E-state index contributed by atoms with van der Waals surface area (Å²) in [4.78, 5) is 3.87. The van der Waals surface area contributed by atoms with Crippen molar-refractivity contribution >= 4 is 0 Å². The first kappa shape index (κ1) is 44.7. The van der Waals surface area contributed by atoms with E-state index in [0.29, 0.717) is 54.6 Å². The van der Waals surface area contributed by atoms with Crippen molar-refractivity contribution in [3.05, 3.63) is 181 Å². The number of hydrogen-bond acceptors (Lipinski definition) is 6. The molecule has 4 aromatic carbocycles. The van der Waals surface area contributed by atoms with Crippen LogP contribution >= 0.6 is 0 Å². The van der Waals surface area contributed by atoms with Gasteiger partial charge in [0.15, 0.2) is 0 Å². The van der Waals surface area contributed by atoms with Crippen molar-refractivity contribution in [1.82, 2.24) is 34.7 Å². The number of nitrogens with zero attached hydrogens (tertiary/aromatic N) is 7. The number of hydrogen-bond donors (Lipinski definition) is 0. The number of rotatable bonds is 11. The molecule has 0 aliphatic rings. The Hall–Kier alpha value is -6.44. The molecule has 9 nitrogen and oxygen atoms in total. The van der Waals surface area contributed by atoms with E-state index in [4.69, 9.17) is 9.47 Å². The fraction of sp³-hybridized carbons (Fsp3) is 0.156. The van der Waals surface area contributed by atoms with E-state index >= 15 is 0 Å². The Labute approximate surface area is 357 Å². The molecule has 0 aliphatic carbocycles. The monoisotopic (exact) mass is 995 g/mol. The second-order valence-electron chi connectivity index (χ2n) is 12.6. The molecule has 60 heavy (non-hydrogen) atoms. The van der Waals surface area contributed by atoms with Crippen molar-refractivity contribution in [3.8, 4) is 45.4 Å². The third-order valence-corrected chi connectivity index (χ3v) is 8.26. The summed E-state index contributed by atoms with van der Waals surface area (Å²) in [6.07, 6.45) is 0.821. The third-order valence-electron chi connectivity index (χ3n) is 8.26. The van der Waals surface area contributed by atoms with Crippen molar-refractivity contribution in [2.24, 2.45) is 0 Å². The first-order valence-corrected chi connectivity index (χ1v) is 18.4. The first-order valence-electron chi connectivity index (χ1n) is 18.4. The van der Waals surface area contributed by atoms with Gasteiger partial charge >= 0.3 is 26.3 Å². The number of benzene rings is 4. The van der Waals surface area contributed by atoms with E-state index in [9.17, 15) is 22.0 Å². The van der Waals surface area contributed by atoms with Crippen LogP contribution in [0.3, 0.4) is 0 Å². The summed E-state index contributed by atoms with van der Waals surface area (Å²) in [5.74, 6) is 0.201. The van der Waals surface area contributed by atoms with Gasteiger partial charge in [0, 0.05) is 58.8 Å². The van der Waals surface area contributed by atoms with E-state index in [1.165, 1.54) is 41.6 Å². The van der Waals surface area contributed by atoms with Crippen LogP contribution in [-0.2, 0) is 39.4 Å². The molecule has 0 aliphatic heterocycles. The van der Waals surface area contributed by atoms with Crippen LogP contribution in [0.4, 0.5) is 22.0 Å². The van der Waals surface area contributed by atoms with Crippen LogP contribution in [0.1, 0.15) is 30.7 Å². The molecule has 0 amide bonds. The molecule has 0 spiro atoms. The van der Waals surface area contributed by atoms with E-state index in [1.54, 1.807) is 18.2 Å². The van der Waals surface area contributed by atoms with Crippen LogP contribution in [0.5, 0.6) is 11.5 Å². The van der Waals surface area contributed by atoms with Gasteiger partial charge in [0.1, 0.15) is 5.69 Å². The van der Waals surface area contributed by atoms with Crippen LogP contribution in [-0.4, -0.2) is 42.9 Å². The zero-order valence-electron chi connectivity index (χ0n) is 32.3. The fourth-order valence-electron chi connectivity index (χ4n) is 5.62. The third kappa shape index (κ3) is 12.5. The number of pyridine rings is 1. The molecule has 0 saturated heterocycles.